The van der Waals surface area contributed by atoms with Gasteiger partial charge in [0.05, 0.1) is 17.3 Å². The minimum absolute atomic E-state index is 0.230. The molecular formula is C19H16F2N2O4. The summed E-state index contributed by atoms with van der Waals surface area (Å²) in [6, 6.07) is 10.7. The van der Waals surface area contributed by atoms with Crippen molar-refractivity contribution in [2.75, 3.05) is 5.32 Å². The zero-order valence-electron chi connectivity index (χ0n) is 14.5. The Morgan fingerprint density at radius 1 is 1.07 bits per heavy atom. The van der Waals surface area contributed by atoms with E-state index in [2.05, 4.69) is 5.32 Å². The van der Waals surface area contributed by atoms with Gasteiger partial charge >= 0.3 is 5.97 Å². The molecule has 0 bridgehead atoms. The molecule has 8 heteroatoms. The molecule has 1 N–H and O–H groups in total. The Bertz CT molecular complexity index is 878. The summed E-state index contributed by atoms with van der Waals surface area (Å²) in [4.78, 5) is 24.1. The number of esters is 1. The second kappa shape index (κ2) is 8.76. The highest BCUT2D eigenvalue weighted by Crippen LogP contribution is 2.16. The smallest absolute Gasteiger partial charge is 0.347 e. The average Bonchev–Trinajstić information content (AvgIpc) is 2.64. The molecule has 0 fully saturated rings. The van der Waals surface area contributed by atoms with Crippen LogP contribution in [0.1, 0.15) is 19.4 Å². The number of halogens is 2. The van der Waals surface area contributed by atoms with Crippen molar-refractivity contribution in [3.8, 4) is 11.8 Å². The summed E-state index contributed by atoms with van der Waals surface area (Å²) >= 11 is 0. The van der Waals surface area contributed by atoms with Gasteiger partial charge in [-0.1, -0.05) is 0 Å². The van der Waals surface area contributed by atoms with Crippen molar-refractivity contribution in [1.82, 2.24) is 0 Å². The third-order valence-corrected chi connectivity index (χ3v) is 3.48. The lowest BCUT2D eigenvalue weighted by atomic mass is 10.2. The van der Waals surface area contributed by atoms with Crippen molar-refractivity contribution in [2.24, 2.45) is 0 Å². The van der Waals surface area contributed by atoms with E-state index >= 15 is 0 Å². The number of amides is 1. The van der Waals surface area contributed by atoms with E-state index in [1.165, 1.54) is 38.1 Å². The number of nitriles is 1. The number of rotatable bonds is 6. The standard InChI is InChI=1S/C19H16F2N2O4/c1-11(18(24)23-17-8-5-14(20)9-16(17)21)27-19(25)12(2)26-15-6-3-13(10-22)4-7-15/h3-9,11-12H,1-2H3,(H,23,24)/t11-,12+/m0/s1. The van der Waals surface area contributed by atoms with Gasteiger partial charge in [0.1, 0.15) is 17.4 Å². The number of benzene rings is 2. The molecule has 0 saturated heterocycles. The molecular weight excluding hydrogens is 358 g/mol. The van der Waals surface area contributed by atoms with Crippen LogP contribution in [0.2, 0.25) is 0 Å². The second-order valence-corrected chi connectivity index (χ2v) is 5.59. The Hall–Kier alpha value is -3.47. The first kappa shape index (κ1) is 19.8. The lowest BCUT2D eigenvalue weighted by Gasteiger charge is -2.18. The monoisotopic (exact) mass is 374 g/mol. The van der Waals surface area contributed by atoms with Crippen LogP contribution in [0.25, 0.3) is 0 Å². The van der Waals surface area contributed by atoms with Crippen molar-refractivity contribution >= 4 is 17.6 Å². The largest absolute Gasteiger partial charge is 0.479 e. The van der Waals surface area contributed by atoms with Gasteiger partial charge < -0.3 is 14.8 Å². The number of nitrogens with zero attached hydrogens (tertiary/aromatic N) is 1. The minimum atomic E-state index is -1.23. The number of carbonyl (C=O) groups is 2. The molecule has 6 nitrogen and oxygen atoms in total. The molecule has 1 amide bonds. The molecule has 0 aliphatic rings. The highest BCUT2D eigenvalue weighted by atomic mass is 19.1. The van der Waals surface area contributed by atoms with Gasteiger partial charge in [-0.15, -0.1) is 0 Å². The predicted molar refractivity (Wildman–Crippen MR) is 91.8 cm³/mol. The summed E-state index contributed by atoms with van der Waals surface area (Å²) in [5.41, 5.74) is 0.210. The molecule has 27 heavy (non-hydrogen) atoms. The topological polar surface area (TPSA) is 88.4 Å². The van der Waals surface area contributed by atoms with Gasteiger partial charge in [0, 0.05) is 6.07 Å². The summed E-state index contributed by atoms with van der Waals surface area (Å²) in [5, 5.41) is 11.0. The first-order valence-corrected chi connectivity index (χ1v) is 7.93. The summed E-state index contributed by atoms with van der Waals surface area (Å²) in [5.74, 6) is -2.96. The maximum atomic E-state index is 13.6. The lowest BCUT2D eigenvalue weighted by molar-refractivity contribution is -0.159. The molecule has 0 heterocycles. The van der Waals surface area contributed by atoms with Crippen LogP contribution < -0.4 is 10.1 Å². The zero-order valence-corrected chi connectivity index (χ0v) is 14.5. The highest BCUT2D eigenvalue weighted by Gasteiger charge is 2.24. The Morgan fingerprint density at radius 3 is 2.33 bits per heavy atom. The van der Waals surface area contributed by atoms with Gasteiger partial charge in [-0.25, -0.2) is 13.6 Å². The third-order valence-electron chi connectivity index (χ3n) is 3.48. The van der Waals surface area contributed by atoms with Crippen LogP contribution >= 0.6 is 0 Å². The van der Waals surface area contributed by atoms with Gasteiger partial charge in [0.15, 0.2) is 12.2 Å². The van der Waals surface area contributed by atoms with Gasteiger partial charge in [0.2, 0.25) is 0 Å². The molecule has 0 aliphatic carbocycles. The first-order valence-electron chi connectivity index (χ1n) is 7.93. The Morgan fingerprint density at radius 2 is 1.74 bits per heavy atom. The van der Waals surface area contributed by atoms with E-state index in [1.807, 2.05) is 6.07 Å². The average molecular weight is 374 g/mol. The van der Waals surface area contributed by atoms with Gasteiger partial charge in [-0.2, -0.15) is 5.26 Å². The summed E-state index contributed by atoms with van der Waals surface area (Å²) in [7, 11) is 0. The van der Waals surface area contributed by atoms with E-state index in [0.29, 0.717) is 17.4 Å². The van der Waals surface area contributed by atoms with E-state index < -0.39 is 35.7 Å². The molecule has 0 radical (unpaired) electrons. The fourth-order valence-corrected chi connectivity index (χ4v) is 2.01. The van der Waals surface area contributed by atoms with Crippen molar-refractivity contribution in [3.05, 3.63) is 59.7 Å². The molecule has 0 aliphatic heterocycles. The quantitative estimate of drug-likeness (QED) is 0.785. The minimum Gasteiger partial charge on any atom is -0.479 e. The second-order valence-electron chi connectivity index (χ2n) is 5.59. The predicted octanol–water partition coefficient (Wildman–Crippen LogP) is 3.17. The van der Waals surface area contributed by atoms with Crippen LogP contribution in [0, 0.1) is 23.0 Å². The third kappa shape index (κ3) is 5.51. The van der Waals surface area contributed by atoms with Crippen molar-refractivity contribution in [2.45, 2.75) is 26.1 Å². The summed E-state index contributed by atoms with van der Waals surface area (Å²) in [6.07, 6.45) is -2.25. The van der Waals surface area contributed by atoms with Crippen LogP contribution in [0.3, 0.4) is 0 Å². The molecule has 140 valence electrons. The maximum Gasteiger partial charge on any atom is 0.347 e. The van der Waals surface area contributed by atoms with Crippen LogP contribution in [0.15, 0.2) is 42.5 Å². The van der Waals surface area contributed by atoms with Crippen LogP contribution in [0.5, 0.6) is 5.75 Å². The van der Waals surface area contributed by atoms with E-state index in [1.54, 1.807) is 0 Å². The molecule has 2 rings (SSSR count). The Kier molecular flexibility index (Phi) is 6.44. The Labute approximate surface area is 154 Å². The van der Waals surface area contributed by atoms with Crippen molar-refractivity contribution in [1.29, 1.82) is 5.26 Å². The zero-order chi connectivity index (χ0) is 20.0. The van der Waals surface area contributed by atoms with E-state index in [0.717, 1.165) is 12.1 Å². The number of hydrogen-bond acceptors (Lipinski definition) is 5. The fraction of sp³-hybridized carbons (Fsp3) is 0.211. The van der Waals surface area contributed by atoms with Crippen LogP contribution in [0.4, 0.5) is 14.5 Å². The molecule has 2 aromatic carbocycles. The van der Waals surface area contributed by atoms with Gasteiger partial charge in [-0.3, -0.25) is 4.79 Å². The van der Waals surface area contributed by atoms with Crippen molar-refractivity contribution in [3.63, 3.8) is 0 Å². The normalized spacial score (nSPS) is 12.4. The van der Waals surface area contributed by atoms with E-state index in [-0.39, 0.29) is 5.69 Å². The number of hydrogen-bond donors (Lipinski definition) is 1. The molecule has 0 spiro atoms. The first-order chi connectivity index (χ1) is 12.8. The number of nitrogens with one attached hydrogen (secondary N) is 1. The SMILES string of the molecule is C[C@H](OC(=O)[C@@H](C)Oc1ccc(C#N)cc1)C(=O)Nc1ccc(F)cc1F. The summed E-state index contributed by atoms with van der Waals surface area (Å²) < 4.78 is 36.8. The molecule has 2 aromatic rings. The number of anilines is 1. The lowest BCUT2D eigenvalue weighted by Crippen LogP contribution is -2.35. The molecule has 2 atom stereocenters. The molecule has 0 saturated carbocycles. The number of ether oxygens (including phenoxy) is 2. The van der Waals surface area contributed by atoms with Gasteiger partial charge in [0.25, 0.3) is 5.91 Å². The van der Waals surface area contributed by atoms with E-state index in [9.17, 15) is 18.4 Å². The Balaban J connectivity index is 1.91. The summed E-state index contributed by atoms with van der Waals surface area (Å²) in [6.45, 7) is 2.74. The molecule has 0 unspecified atom stereocenters. The van der Waals surface area contributed by atoms with Crippen LogP contribution in [-0.4, -0.2) is 24.1 Å². The highest BCUT2D eigenvalue weighted by molar-refractivity contribution is 5.95. The van der Waals surface area contributed by atoms with Crippen molar-refractivity contribution < 1.29 is 27.8 Å². The maximum absolute atomic E-state index is 13.6. The molecule has 0 aromatic heterocycles. The number of carbonyl (C=O) groups excluding carboxylic acids is 2. The fourth-order valence-electron chi connectivity index (χ4n) is 2.01. The van der Waals surface area contributed by atoms with Crippen LogP contribution in [-0.2, 0) is 14.3 Å². The van der Waals surface area contributed by atoms with E-state index in [4.69, 9.17) is 14.7 Å². The van der Waals surface area contributed by atoms with Gasteiger partial charge in [-0.05, 0) is 50.2 Å².